The molecule has 0 saturated heterocycles. The first-order valence-electron chi connectivity index (χ1n) is 11.1. The molecule has 0 aliphatic carbocycles. The van der Waals surface area contributed by atoms with E-state index < -0.39 is 19.3 Å². The highest BCUT2D eigenvalue weighted by molar-refractivity contribution is 7.57. The normalized spacial score (nSPS) is 14.7. The minimum absolute atomic E-state index is 0.0143. The van der Waals surface area contributed by atoms with Gasteiger partial charge >= 0.3 is 0 Å². The van der Waals surface area contributed by atoms with Crippen LogP contribution in [0.25, 0.3) is 0 Å². The highest BCUT2D eigenvalue weighted by atomic mass is 31.2. The second-order valence-corrected chi connectivity index (χ2v) is 11.1. The Balaban J connectivity index is 2.15. The van der Waals surface area contributed by atoms with Crippen molar-refractivity contribution in [2.75, 3.05) is 20.3 Å². The fourth-order valence-corrected chi connectivity index (χ4v) is 5.70. The van der Waals surface area contributed by atoms with Crippen LogP contribution in [0.15, 0.2) is 54.6 Å². The van der Waals surface area contributed by atoms with E-state index in [-0.39, 0.29) is 30.1 Å². The summed E-state index contributed by atoms with van der Waals surface area (Å²) >= 11 is 0. The van der Waals surface area contributed by atoms with Gasteiger partial charge in [0, 0.05) is 31.7 Å². The van der Waals surface area contributed by atoms with Crippen LogP contribution in [-0.2, 0) is 26.7 Å². The van der Waals surface area contributed by atoms with Crippen molar-refractivity contribution in [3.8, 4) is 5.75 Å². The van der Waals surface area contributed by atoms with Gasteiger partial charge in [-0.15, -0.1) is 0 Å². The predicted octanol–water partition coefficient (Wildman–Crippen LogP) is 3.60. The molecule has 0 aliphatic heterocycles. The molecular weight excluding hydrogens is 439 g/mol. The number of hydrogen-bond donors (Lipinski definition) is 3. The van der Waals surface area contributed by atoms with Crippen molar-refractivity contribution in [2.45, 2.75) is 38.9 Å². The number of amides is 2. The summed E-state index contributed by atoms with van der Waals surface area (Å²) in [6, 6.07) is 15.6. The fraction of sp³-hybridized carbons (Fsp3) is 0.440. The number of benzene rings is 2. The van der Waals surface area contributed by atoms with Crippen LogP contribution in [0.3, 0.4) is 0 Å². The molecule has 0 aromatic heterocycles. The van der Waals surface area contributed by atoms with Gasteiger partial charge < -0.3 is 20.3 Å². The van der Waals surface area contributed by atoms with E-state index in [1.807, 2.05) is 44.2 Å². The van der Waals surface area contributed by atoms with Crippen molar-refractivity contribution in [3.05, 3.63) is 65.7 Å². The number of nitrogens with one attached hydrogen (secondary N) is 2. The van der Waals surface area contributed by atoms with Gasteiger partial charge in [-0.1, -0.05) is 56.3 Å². The van der Waals surface area contributed by atoms with Crippen molar-refractivity contribution < 1.29 is 23.8 Å². The third-order valence-corrected chi connectivity index (χ3v) is 7.25. The molecule has 0 spiro atoms. The molecule has 0 aliphatic rings. The van der Waals surface area contributed by atoms with E-state index in [4.69, 9.17) is 4.74 Å². The van der Waals surface area contributed by atoms with E-state index in [0.717, 1.165) is 11.1 Å². The summed E-state index contributed by atoms with van der Waals surface area (Å²) in [5.74, 6) is -0.523. The number of ether oxygens (including phenoxy) is 1. The van der Waals surface area contributed by atoms with Crippen molar-refractivity contribution in [2.24, 2.45) is 11.8 Å². The minimum atomic E-state index is -3.61. The lowest BCUT2D eigenvalue weighted by Crippen LogP contribution is -2.49. The van der Waals surface area contributed by atoms with Gasteiger partial charge in [0.2, 0.25) is 19.2 Å². The molecule has 180 valence electrons. The van der Waals surface area contributed by atoms with Crippen LogP contribution >= 0.6 is 7.37 Å². The number of carbonyl (C=O) groups is 2. The molecule has 33 heavy (non-hydrogen) atoms. The average molecular weight is 475 g/mol. The van der Waals surface area contributed by atoms with E-state index in [9.17, 15) is 19.0 Å². The molecule has 0 heterocycles. The van der Waals surface area contributed by atoms with Crippen LogP contribution in [-0.4, -0.2) is 43.1 Å². The number of carbonyl (C=O) groups excluding carboxylic acids is 2. The molecule has 2 aromatic rings. The van der Waals surface area contributed by atoms with E-state index in [1.165, 1.54) is 7.05 Å². The largest absolute Gasteiger partial charge is 0.497 e. The second kappa shape index (κ2) is 12.6. The lowest BCUT2D eigenvalue weighted by atomic mass is 9.97. The zero-order valence-corrected chi connectivity index (χ0v) is 20.7. The third kappa shape index (κ3) is 9.03. The van der Waals surface area contributed by atoms with E-state index >= 15 is 0 Å². The predicted molar refractivity (Wildman–Crippen MR) is 130 cm³/mol. The molecule has 0 radical (unpaired) electrons. The molecule has 2 rings (SSSR count). The third-order valence-electron chi connectivity index (χ3n) is 5.38. The molecule has 3 atom stereocenters. The SMILES string of the molecule is CNC(=O)[C@@H](Cc1ccc(OC)cc1)NC(=O)C(CC(C)C)CP(=O)(O)Cc1ccccc1. The molecular formula is C25H35N2O5P. The zero-order valence-electron chi connectivity index (χ0n) is 19.8. The Kier molecular flexibility index (Phi) is 10.1. The smallest absolute Gasteiger partial charge is 0.242 e. The maximum Gasteiger partial charge on any atom is 0.242 e. The Morgan fingerprint density at radius 3 is 2.18 bits per heavy atom. The van der Waals surface area contributed by atoms with Crippen molar-refractivity contribution in [3.63, 3.8) is 0 Å². The summed E-state index contributed by atoms with van der Waals surface area (Å²) in [6.07, 6.45) is 0.633. The maximum absolute atomic E-state index is 13.2. The van der Waals surface area contributed by atoms with Gasteiger partial charge in [-0.3, -0.25) is 14.2 Å². The summed E-state index contributed by atoms with van der Waals surface area (Å²) < 4.78 is 18.2. The van der Waals surface area contributed by atoms with Gasteiger partial charge in [0.05, 0.1) is 7.11 Å². The monoisotopic (exact) mass is 474 g/mol. The van der Waals surface area contributed by atoms with Gasteiger partial charge in [-0.05, 0) is 35.6 Å². The van der Waals surface area contributed by atoms with Gasteiger partial charge in [0.25, 0.3) is 0 Å². The van der Waals surface area contributed by atoms with E-state index in [2.05, 4.69) is 10.6 Å². The molecule has 2 aromatic carbocycles. The van der Waals surface area contributed by atoms with Crippen molar-refractivity contribution in [1.82, 2.24) is 10.6 Å². The standard InChI is InChI=1S/C25H35N2O5P/c1-18(2)14-21(17-33(30,31)16-20-8-6-5-7-9-20)24(28)27-23(25(29)26-3)15-19-10-12-22(32-4)13-11-19/h5-13,18,21,23H,14-17H2,1-4H3,(H,26,29)(H,27,28)(H,30,31)/t21?,23-/m1/s1. The van der Waals surface area contributed by atoms with Gasteiger partial charge in [0.15, 0.2) is 0 Å². The van der Waals surface area contributed by atoms with Crippen LogP contribution in [0.5, 0.6) is 5.75 Å². The van der Waals surface area contributed by atoms with Crippen molar-refractivity contribution >= 4 is 19.2 Å². The number of hydrogen-bond acceptors (Lipinski definition) is 4. The Morgan fingerprint density at radius 1 is 1.00 bits per heavy atom. The number of likely N-dealkylation sites (N-methyl/N-ethyl adjacent to an activating group) is 1. The summed E-state index contributed by atoms with van der Waals surface area (Å²) in [5.41, 5.74) is 1.62. The molecule has 8 heteroatoms. The summed E-state index contributed by atoms with van der Waals surface area (Å²) in [7, 11) is -0.510. The molecule has 0 fully saturated rings. The van der Waals surface area contributed by atoms with Gasteiger partial charge in [-0.2, -0.15) is 0 Å². The first-order valence-corrected chi connectivity index (χ1v) is 13.2. The number of methoxy groups -OCH3 is 1. The summed E-state index contributed by atoms with van der Waals surface area (Å²) in [4.78, 5) is 36.3. The molecule has 2 unspecified atom stereocenters. The Labute approximate surface area is 196 Å². The quantitative estimate of drug-likeness (QED) is 0.408. The lowest BCUT2D eigenvalue weighted by Gasteiger charge is -2.25. The van der Waals surface area contributed by atoms with Crippen molar-refractivity contribution in [1.29, 1.82) is 0 Å². The van der Waals surface area contributed by atoms with Crippen LogP contribution in [0, 0.1) is 11.8 Å². The Bertz CT molecular complexity index is 947. The second-order valence-electron chi connectivity index (χ2n) is 8.73. The van der Waals surface area contributed by atoms with Gasteiger partial charge in [-0.25, -0.2) is 0 Å². The highest BCUT2D eigenvalue weighted by Gasteiger charge is 2.32. The average Bonchev–Trinajstić information content (AvgIpc) is 2.78. The molecule has 3 N–H and O–H groups in total. The highest BCUT2D eigenvalue weighted by Crippen LogP contribution is 2.47. The molecule has 2 amide bonds. The molecule has 0 bridgehead atoms. The van der Waals surface area contributed by atoms with Crippen LogP contribution in [0.4, 0.5) is 0 Å². The summed E-state index contributed by atoms with van der Waals surface area (Å²) in [5, 5.41) is 5.41. The van der Waals surface area contributed by atoms with Gasteiger partial charge in [0.1, 0.15) is 11.8 Å². The minimum Gasteiger partial charge on any atom is -0.497 e. The van der Waals surface area contributed by atoms with E-state index in [1.54, 1.807) is 31.4 Å². The molecule has 0 saturated carbocycles. The van der Waals surface area contributed by atoms with Crippen LogP contribution in [0.2, 0.25) is 0 Å². The maximum atomic E-state index is 13.2. The van der Waals surface area contributed by atoms with Crippen LogP contribution < -0.4 is 15.4 Å². The van der Waals surface area contributed by atoms with E-state index in [0.29, 0.717) is 18.6 Å². The zero-order chi connectivity index (χ0) is 24.4. The number of rotatable bonds is 12. The fourth-order valence-electron chi connectivity index (χ4n) is 3.78. The van der Waals surface area contributed by atoms with Crippen LogP contribution in [0.1, 0.15) is 31.4 Å². The first-order chi connectivity index (χ1) is 15.6. The molecule has 7 nitrogen and oxygen atoms in total. The topological polar surface area (TPSA) is 105 Å². The summed E-state index contributed by atoms with van der Waals surface area (Å²) in [6.45, 7) is 3.93. The Morgan fingerprint density at radius 2 is 1.64 bits per heavy atom. The first kappa shape index (κ1) is 26.6. The Hall–Kier alpha value is -2.63. The lowest BCUT2D eigenvalue weighted by molar-refractivity contribution is -0.130.